The zero-order valence-electron chi connectivity index (χ0n) is 7.69. The second kappa shape index (κ2) is 5.36. The lowest BCUT2D eigenvalue weighted by molar-refractivity contribution is -0.139. The summed E-state index contributed by atoms with van der Waals surface area (Å²) < 4.78 is 4.90. The van der Waals surface area contributed by atoms with Gasteiger partial charge in [-0.15, -0.1) is 0 Å². The molecular formula is C11H13O2. The average molecular weight is 177 g/mol. The largest absolute Gasteiger partial charge is 0.465 e. The predicted molar refractivity (Wildman–Crippen MR) is 51.1 cm³/mol. The minimum atomic E-state index is -0.270. The predicted octanol–water partition coefficient (Wildman–Crippen LogP) is 2.19. The molecule has 0 fully saturated rings. The Morgan fingerprint density at radius 3 is 2.69 bits per heavy atom. The number of ether oxygens (including phenoxy) is 1. The topological polar surface area (TPSA) is 26.3 Å². The average Bonchev–Trinajstić information content (AvgIpc) is 2.16. The van der Waals surface area contributed by atoms with Crippen molar-refractivity contribution >= 4 is 5.97 Å². The number of hydrogen-bond donors (Lipinski definition) is 0. The number of hydrogen-bond acceptors (Lipinski definition) is 2. The number of carbonyl (C=O) groups is 1. The van der Waals surface area contributed by atoms with Gasteiger partial charge in [-0.2, -0.15) is 0 Å². The monoisotopic (exact) mass is 177 g/mol. The van der Waals surface area contributed by atoms with Gasteiger partial charge in [0.05, 0.1) is 13.0 Å². The van der Waals surface area contributed by atoms with Gasteiger partial charge in [0.25, 0.3) is 0 Å². The van der Waals surface area contributed by atoms with Crippen molar-refractivity contribution in [1.29, 1.82) is 0 Å². The Labute approximate surface area is 78.5 Å². The molecule has 0 aromatic heterocycles. The van der Waals surface area contributed by atoms with Gasteiger partial charge in [-0.1, -0.05) is 37.3 Å². The molecule has 0 N–H and O–H groups in total. The summed E-state index contributed by atoms with van der Waals surface area (Å²) in [6.45, 7) is 2.46. The van der Waals surface area contributed by atoms with Crippen LogP contribution in [0.15, 0.2) is 30.3 Å². The van der Waals surface area contributed by atoms with Gasteiger partial charge in [-0.25, -0.2) is 0 Å². The lowest BCUT2D eigenvalue weighted by Gasteiger charge is -2.01. The Morgan fingerprint density at radius 1 is 1.38 bits per heavy atom. The van der Waals surface area contributed by atoms with E-state index >= 15 is 0 Å². The highest BCUT2D eigenvalue weighted by Gasteiger charge is 2.03. The molecule has 0 unspecified atom stereocenters. The summed E-state index contributed by atoms with van der Waals surface area (Å²) in [4.78, 5) is 11.1. The summed E-state index contributed by atoms with van der Waals surface area (Å²) in [6.07, 6.45) is 2.35. The van der Waals surface area contributed by atoms with Gasteiger partial charge < -0.3 is 4.74 Å². The molecule has 0 aliphatic heterocycles. The van der Waals surface area contributed by atoms with Crippen LogP contribution in [-0.4, -0.2) is 12.6 Å². The van der Waals surface area contributed by atoms with Gasteiger partial charge in [0.15, 0.2) is 0 Å². The standard InChI is InChI=1S/C11H13O2/c1-2-8-13-11(12)9-10-6-4-3-5-7-10/h3-7,9H,2,8H2,1H3. The number of benzene rings is 1. The Balaban J connectivity index is 2.37. The molecule has 13 heavy (non-hydrogen) atoms. The van der Waals surface area contributed by atoms with Gasteiger partial charge in [-0.05, 0) is 12.0 Å². The maximum absolute atomic E-state index is 11.1. The van der Waals surface area contributed by atoms with E-state index in [1.54, 1.807) is 0 Å². The first-order chi connectivity index (χ1) is 6.33. The SMILES string of the molecule is CCCOC(=O)[CH]c1ccccc1. The Hall–Kier alpha value is -1.31. The highest BCUT2D eigenvalue weighted by Crippen LogP contribution is 2.02. The zero-order chi connectivity index (χ0) is 9.52. The van der Waals surface area contributed by atoms with E-state index in [2.05, 4.69) is 0 Å². The van der Waals surface area contributed by atoms with Gasteiger partial charge in [-0.3, -0.25) is 4.79 Å². The van der Waals surface area contributed by atoms with Crippen molar-refractivity contribution in [3.63, 3.8) is 0 Å². The molecule has 69 valence electrons. The van der Waals surface area contributed by atoms with E-state index in [1.807, 2.05) is 37.3 Å². The smallest absolute Gasteiger partial charge is 0.314 e. The lowest BCUT2D eigenvalue weighted by atomic mass is 10.2. The molecule has 0 heterocycles. The molecule has 2 heteroatoms. The number of rotatable bonds is 4. The van der Waals surface area contributed by atoms with Gasteiger partial charge in [0, 0.05) is 0 Å². The normalized spacial score (nSPS) is 9.62. The third-order valence-corrected chi connectivity index (χ3v) is 1.53. The summed E-state index contributed by atoms with van der Waals surface area (Å²) >= 11 is 0. The molecule has 1 aromatic carbocycles. The fourth-order valence-electron chi connectivity index (χ4n) is 0.930. The molecular weight excluding hydrogens is 164 g/mol. The quantitative estimate of drug-likeness (QED) is 0.659. The first-order valence-electron chi connectivity index (χ1n) is 4.39. The Bertz CT molecular complexity index is 254. The highest BCUT2D eigenvalue weighted by atomic mass is 16.5. The van der Waals surface area contributed by atoms with Crippen molar-refractivity contribution in [2.45, 2.75) is 13.3 Å². The van der Waals surface area contributed by atoms with Gasteiger partial charge in [0.2, 0.25) is 0 Å². The number of carbonyl (C=O) groups excluding carboxylic acids is 1. The molecule has 2 nitrogen and oxygen atoms in total. The summed E-state index contributed by atoms with van der Waals surface area (Å²) in [5, 5.41) is 0. The second-order valence-electron chi connectivity index (χ2n) is 2.72. The molecule has 1 rings (SSSR count). The molecule has 0 saturated heterocycles. The fraction of sp³-hybridized carbons (Fsp3) is 0.273. The van der Waals surface area contributed by atoms with Crippen molar-refractivity contribution in [2.24, 2.45) is 0 Å². The van der Waals surface area contributed by atoms with E-state index in [0.29, 0.717) is 6.61 Å². The van der Waals surface area contributed by atoms with Crippen LogP contribution in [0.4, 0.5) is 0 Å². The maximum Gasteiger partial charge on any atom is 0.314 e. The molecule has 0 saturated carbocycles. The minimum Gasteiger partial charge on any atom is -0.465 e. The number of esters is 1. The third kappa shape index (κ3) is 3.74. The third-order valence-electron chi connectivity index (χ3n) is 1.53. The lowest BCUT2D eigenvalue weighted by Crippen LogP contribution is -2.06. The second-order valence-corrected chi connectivity index (χ2v) is 2.72. The maximum atomic E-state index is 11.1. The molecule has 0 bridgehead atoms. The van der Waals surface area contributed by atoms with E-state index in [-0.39, 0.29) is 5.97 Å². The fourth-order valence-corrected chi connectivity index (χ4v) is 0.930. The first kappa shape index (κ1) is 9.78. The van der Waals surface area contributed by atoms with E-state index in [1.165, 1.54) is 6.42 Å². The summed E-state index contributed by atoms with van der Waals surface area (Å²) in [5.41, 5.74) is 0.878. The van der Waals surface area contributed by atoms with Crippen molar-refractivity contribution in [3.8, 4) is 0 Å². The highest BCUT2D eigenvalue weighted by molar-refractivity contribution is 5.83. The molecule has 0 spiro atoms. The van der Waals surface area contributed by atoms with Crippen LogP contribution in [0, 0.1) is 6.42 Å². The first-order valence-corrected chi connectivity index (χ1v) is 4.39. The molecule has 1 radical (unpaired) electrons. The van der Waals surface area contributed by atoms with Crippen molar-refractivity contribution in [3.05, 3.63) is 42.3 Å². The van der Waals surface area contributed by atoms with Crippen LogP contribution in [-0.2, 0) is 9.53 Å². The van der Waals surface area contributed by atoms with Crippen molar-refractivity contribution < 1.29 is 9.53 Å². The van der Waals surface area contributed by atoms with Crippen LogP contribution < -0.4 is 0 Å². The van der Waals surface area contributed by atoms with Crippen LogP contribution in [0.3, 0.4) is 0 Å². The molecule has 1 aromatic rings. The summed E-state index contributed by atoms with van der Waals surface area (Å²) in [5.74, 6) is -0.270. The van der Waals surface area contributed by atoms with Crippen molar-refractivity contribution in [2.75, 3.05) is 6.61 Å². The Morgan fingerprint density at radius 2 is 2.08 bits per heavy atom. The van der Waals surface area contributed by atoms with Crippen LogP contribution in [0.5, 0.6) is 0 Å². The van der Waals surface area contributed by atoms with Crippen LogP contribution in [0.25, 0.3) is 0 Å². The van der Waals surface area contributed by atoms with Crippen LogP contribution in [0.2, 0.25) is 0 Å². The zero-order valence-corrected chi connectivity index (χ0v) is 7.69. The summed E-state index contributed by atoms with van der Waals surface area (Å²) in [6, 6.07) is 9.42. The van der Waals surface area contributed by atoms with E-state index in [9.17, 15) is 4.79 Å². The summed E-state index contributed by atoms with van der Waals surface area (Å²) in [7, 11) is 0. The van der Waals surface area contributed by atoms with E-state index < -0.39 is 0 Å². The van der Waals surface area contributed by atoms with Crippen LogP contribution in [0.1, 0.15) is 18.9 Å². The van der Waals surface area contributed by atoms with Crippen LogP contribution >= 0.6 is 0 Å². The van der Waals surface area contributed by atoms with E-state index in [4.69, 9.17) is 4.74 Å². The Kier molecular flexibility index (Phi) is 4.03. The van der Waals surface area contributed by atoms with Gasteiger partial charge in [0.1, 0.15) is 0 Å². The minimum absolute atomic E-state index is 0.270. The molecule has 0 aliphatic carbocycles. The van der Waals surface area contributed by atoms with Crippen molar-refractivity contribution in [1.82, 2.24) is 0 Å². The molecule has 0 aliphatic rings. The molecule has 0 amide bonds. The van der Waals surface area contributed by atoms with Gasteiger partial charge >= 0.3 is 5.97 Å². The molecule has 0 atom stereocenters. The van der Waals surface area contributed by atoms with E-state index in [0.717, 1.165) is 12.0 Å².